The van der Waals surface area contributed by atoms with E-state index in [1.807, 2.05) is 19.9 Å². The SMILES string of the molecule is COC(=O)c1ccc2c(c1)CCN2C(=O)c1ccc2nc(C)c(C)nc2c1. The van der Waals surface area contributed by atoms with Gasteiger partial charge in [-0.2, -0.15) is 0 Å². The van der Waals surface area contributed by atoms with Crippen molar-refractivity contribution < 1.29 is 14.3 Å². The lowest BCUT2D eigenvalue weighted by atomic mass is 10.1. The summed E-state index contributed by atoms with van der Waals surface area (Å²) >= 11 is 0. The highest BCUT2D eigenvalue weighted by molar-refractivity contribution is 6.09. The second-order valence-electron chi connectivity index (χ2n) is 6.64. The zero-order valence-electron chi connectivity index (χ0n) is 15.4. The number of aryl methyl sites for hydroxylation is 2. The second-order valence-corrected chi connectivity index (χ2v) is 6.64. The van der Waals surface area contributed by atoms with Crippen molar-refractivity contribution in [3.63, 3.8) is 0 Å². The number of fused-ring (bicyclic) bond motifs is 2. The number of anilines is 1. The summed E-state index contributed by atoms with van der Waals surface area (Å²) in [6, 6.07) is 10.7. The number of rotatable bonds is 2. The Labute approximate surface area is 156 Å². The van der Waals surface area contributed by atoms with E-state index in [1.54, 1.807) is 35.2 Å². The highest BCUT2D eigenvalue weighted by atomic mass is 16.5. The van der Waals surface area contributed by atoms with Gasteiger partial charge in [0.25, 0.3) is 5.91 Å². The molecule has 0 unspecified atom stereocenters. The Morgan fingerprint density at radius 1 is 0.963 bits per heavy atom. The summed E-state index contributed by atoms with van der Waals surface area (Å²) in [6.45, 7) is 4.41. The molecule has 1 amide bonds. The summed E-state index contributed by atoms with van der Waals surface area (Å²) in [4.78, 5) is 35.6. The minimum atomic E-state index is -0.374. The molecule has 136 valence electrons. The average Bonchev–Trinajstić information content (AvgIpc) is 3.10. The largest absolute Gasteiger partial charge is 0.465 e. The van der Waals surface area contributed by atoms with Crippen LogP contribution in [0.3, 0.4) is 0 Å². The first-order valence-corrected chi connectivity index (χ1v) is 8.76. The number of hydrogen-bond acceptors (Lipinski definition) is 5. The Morgan fingerprint density at radius 2 is 1.67 bits per heavy atom. The summed E-state index contributed by atoms with van der Waals surface area (Å²) in [7, 11) is 1.36. The standard InChI is InChI=1S/C21H19N3O3/c1-12-13(2)23-18-11-15(4-6-17(18)22-12)20(25)24-9-8-14-10-16(21(26)27-3)5-7-19(14)24/h4-7,10-11H,8-9H2,1-3H3. The lowest BCUT2D eigenvalue weighted by Crippen LogP contribution is -2.28. The molecule has 6 heteroatoms. The molecule has 1 aliphatic rings. The van der Waals surface area contributed by atoms with Crippen LogP contribution >= 0.6 is 0 Å². The van der Waals surface area contributed by atoms with Gasteiger partial charge in [0.2, 0.25) is 0 Å². The maximum Gasteiger partial charge on any atom is 0.337 e. The lowest BCUT2D eigenvalue weighted by molar-refractivity contribution is 0.0600. The van der Waals surface area contributed by atoms with Crippen molar-refractivity contribution in [3.05, 3.63) is 64.5 Å². The van der Waals surface area contributed by atoms with E-state index in [1.165, 1.54) is 7.11 Å². The molecule has 1 aromatic heterocycles. The number of nitrogens with zero attached hydrogens (tertiary/aromatic N) is 3. The van der Waals surface area contributed by atoms with Crippen LogP contribution in [0.4, 0.5) is 5.69 Å². The van der Waals surface area contributed by atoms with E-state index in [0.29, 0.717) is 29.6 Å². The zero-order chi connectivity index (χ0) is 19.1. The molecular formula is C21H19N3O3. The summed E-state index contributed by atoms with van der Waals surface area (Å²) in [5, 5.41) is 0. The minimum absolute atomic E-state index is 0.0819. The third kappa shape index (κ3) is 2.93. The van der Waals surface area contributed by atoms with Crippen LogP contribution in [0.1, 0.15) is 37.7 Å². The highest BCUT2D eigenvalue weighted by Gasteiger charge is 2.26. The molecule has 2 heterocycles. The third-order valence-electron chi connectivity index (χ3n) is 4.96. The lowest BCUT2D eigenvalue weighted by Gasteiger charge is -2.18. The topological polar surface area (TPSA) is 72.4 Å². The maximum atomic E-state index is 13.1. The Balaban J connectivity index is 1.68. The van der Waals surface area contributed by atoms with Gasteiger partial charge in [-0.1, -0.05) is 0 Å². The molecule has 0 fully saturated rings. The van der Waals surface area contributed by atoms with E-state index in [2.05, 4.69) is 9.97 Å². The van der Waals surface area contributed by atoms with E-state index in [9.17, 15) is 9.59 Å². The van der Waals surface area contributed by atoms with Gasteiger partial charge in [-0.25, -0.2) is 14.8 Å². The molecule has 6 nitrogen and oxygen atoms in total. The molecule has 27 heavy (non-hydrogen) atoms. The molecule has 3 aromatic rings. The fourth-order valence-corrected chi connectivity index (χ4v) is 3.38. The van der Waals surface area contributed by atoms with E-state index >= 15 is 0 Å². The fourth-order valence-electron chi connectivity index (χ4n) is 3.38. The van der Waals surface area contributed by atoms with E-state index in [0.717, 1.165) is 28.2 Å². The number of esters is 1. The molecule has 0 radical (unpaired) electrons. The number of hydrogen-bond donors (Lipinski definition) is 0. The van der Waals surface area contributed by atoms with Crippen LogP contribution in [0.25, 0.3) is 11.0 Å². The molecule has 4 rings (SSSR count). The Hall–Kier alpha value is -3.28. The predicted molar refractivity (Wildman–Crippen MR) is 102 cm³/mol. The highest BCUT2D eigenvalue weighted by Crippen LogP contribution is 2.30. The van der Waals surface area contributed by atoms with Gasteiger partial charge in [-0.3, -0.25) is 4.79 Å². The van der Waals surface area contributed by atoms with Gasteiger partial charge < -0.3 is 9.64 Å². The summed E-state index contributed by atoms with van der Waals surface area (Å²) in [6.07, 6.45) is 0.706. The molecule has 0 N–H and O–H groups in total. The Kier molecular flexibility index (Phi) is 4.11. The molecule has 1 aliphatic heterocycles. The molecule has 0 saturated heterocycles. The first kappa shape index (κ1) is 17.1. The Bertz CT molecular complexity index is 1090. The number of amides is 1. The molecule has 0 spiro atoms. The van der Waals surface area contributed by atoms with Crippen molar-refractivity contribution >= 4 is 28.6 Å². The summed E-state index contributed by atoms with van der Waals surface area (Å²) in [5.74, 6) is -0.456. The van der Waals surface area contributed by atoms with Gasteiger partial charge in [-0.15, -0.1) is 0 Å². The minimum Gasteiger partial charge on any atom is -0.465 e. The van der Waals surface area contributed by atoms with Crippen LogP contribution in [0, 0.1) is 13.8 Å². The predicted octanol–water partition coefficient (Wildman–Crippen LogP) is 3.24. The smallest absolute Gasteiger partial charge is 0.337 e. The van der Waals surface area contributed by atoms with E-state index in [4.69, 9.17) is 4.74 Å². The average molecular weight is 361 g/mol. The van der Waals surface area contributed by atoms with Gasteiger partial charge in [0.1, 0.15) is 0 Å². The fraction of sp³-hybridized carbons (Fsp3) is 0.238. The van der Waals surface area contributed by atoms with Crippen LogP contribution < -0.4 is 4.90 Å². The number of benzene rings is 2. The second kappa shape index (κ2) is 6.46. The summed E-state index contributed by atoms with van der Waals surface area (Å²) in [5.41, 5.74) is 6.11. The van der Waals surface area contributed by atoms with Gasteiger partial charge in [0.05, 0.1) is 35.1 Å². The van der Waals surface area contributed by atoms with Crippen LogP contribution in [-0.4, -0.2) is 35.5 Å². The molecule has 0 bridgehead atoms. The van der Waals surface area contributed by atoms with Crippen molar-refractivity contribution in [2.24, 2.45) is 0 Å². The van der Waals surface area contributed by atoms with E-state index < -0.39 is 0 Å². The van der Waals surface area contributed by atoms with E-state index in [-0.39, 0.29) is 11.9 Å². The molecule has 0 aliphatic carbocycles. The van der Waals surface area contributed by atoms with Gasteiger partial charge in [0.15, 0.2) is 0 Å². The Morgan fingerprint density at radius 3 is 2.41 bits per heavy atom. The van der Waals surface area contributed by atoms with Crippen molar-refractivity contribution in [1.29, 1.82) is 0 Å². The van der Waals surface area contributed by atoms with Crippen LogP contribution in [0.15, 0.2) is 36.4 Å². The number of carbonyl (C=O) groups excluding carboxylic acids is 2. The van der Waals surface area contributed by atoms with Gasteiger partial charge in [-0.05, 0) is 62.2 Å². The molecule has 0 saturated carbocycles. The van der Waals surface area contributed by atoms with Crippen molar-refractivity contribution in [2.75, 3.05) is 18.6 Å². The molecule has 2 aromatic carbocycles. The summed E-state index contributed by atoms with van der Waals surface area (Å²) < 4.78 is 4.77. The van der Waals surface area contributed by atoms with Crippen LogP contribution in [0.2, 0.25) is 0 Å². The zero-order valence-corrected chi connectivity index (χ0v) is 15.4. The third-order valence-corrected chi connectivity index (χ3v) is 4.96. The number of methoxy groups -OCH3 is 1. The van der Waals surface area contributed by atoms with Gasteiger partial charge >= 0.3 is 5.97 Å². The number of carbonyl (C=O) groups is 2. The first-order valence-electron chi connectivity index (χ1n) is 8.76. The molecule has 0 atom stereocenters. The van der Waals surface area contributed by atoms with Crippen molar-refractivity contribution in [1.82, 2.24) is 9.97 Å². The van der Waals surface area contributed by atoms with Crippen LogP contribution in [0.5, 0.6) is 0 Å². The van der Waals surface area contributed by atoms with Crippen LogP contribution in [-0.2, 0) is 11.2 Å². The van der Waals surface area contributed by atoms with Gasteiger partial charge in [0, 0.05) is 17.8 Å². The number of aromatic nitrogens is 2. The first-order chi connectivity index (χ1) is 13.0. The molecular weight excluding hydrogens is 342 g/mol. The quantitative estimate of drug-likeness (QED) is 0.655. The van der Waals surface area contributed by atoms with Crippen molar-refractivity contribution in [3.8, 4) is 0 Å². The maximum absolute atomic E-state index is 13.1. The van der Waals surface area contributed by atoms with Crippen molar-refractivity contribution in [2.45, 2.75) is 20.3 Å². The number of ether oxygens (including phenoxy) is 1. The normalized spacial score (nSPS) is 12.9. The monoisotopic (exact) mass is 361 g/mol.